The van der Waals surface area contributed by atoms with E-state index in [-0.39, 0.29) is 11.8 Å². The molecule has 2 amide bonds. The molecule has 0 atom stereocenters. The first-order chi connectivity index (χ1) is 12.0. The second-order valence-corrected chi connectivity index (χ2v) is 6.73. The van der Waals surface area contributed by atoms with E-state index in [4.69, 9.17) is 0 Å². The summed E-state index contributed by atoms with van der Waals surface area (Å²) in [6, 6.07) is 8.00. The van der Waals surface area contributed by atoms with Crippen LogP contribution in [0, 0.1) is 13.8 Å². The number of benzene rings is 1. The van der Waals surface area contributed by atoms with E-state index in [1.165, 1.54) is 5.56 Å². The minimum absolute atomic E-state index is 0.0323. The maximum Gasteiger partial charge on any atom is 0.255 e. The smallest absolute Gasteiger partial charge is 0.255 e. The summed E-state index contributed by atoms with van der Waals surface area (Å²) < 4.78 is 0. The molecule has 1 N–H and O–H groups in total. The van der Waals surface area contributed by atoms with Gasteiger partial charge in [-0.05, 0) is 37.5 Å². The summed E-state index contributed by atoms with van der Waals surface area (Å²) in [4.78, 5) is 31.8. The van der Waals surface area contributed by atoms with Crippen LogP contribution in [0.5, 0.6) is 0 Å². The molecule has 0 aliphatic carbocycles. The van der Waals surface area contributed by atoms with Crippen molar-refractivity contribution in [3.05, 3.63) is 58.9 Å². The summed E-state index contributed by atoms with van der Waals surface area (Å²) in [5, 5.41) is 0. The number of aromatic nitrogens is 1. The zero-order valence-corrected chi connectivity index (χ0v) is 14.9. The van der Waals surface area contributed by atoms with Gasteiger partial charge in [-0.25, -0.2) is 0 Å². The van der Waals surface area contributed by atoms with Crippen LogP contribution < -0.4 is 0 Å². The molecule has 0 spiro atoms. The average Bonchev–Trinajstić information content (AvgIpc) is 3.01. The van der Waals surface area contributed by atoms with E-state index in [1.807, 2.05) is 15.9 Å². The highest BCUT2D eigenvalue weighted by molar-refractivity contribution is 5.94. The number of aromatic amines is 1. The summed E-state index contributed by atoms with van der Waals surface area (Å²) >= 11 is 0. The predicted molar refractivity (Wildman–Crippen MR) is 97.5 cm³/mol. The maximum atomic E-state index is 12.7. The monoisotopic (exact) mass is 339 g/mol. The van der Waals surface area contributed by atoms with Gasteiger partial charge in [-0.3, -0.25) is 9.59 Å². The van der Waals surface area contributed by atoms with Crippen molar-refractivity contribution < 1.29 is 9.59 Å². The van der Waals surface area contributed by atoms with Gasteiger partial charge < -0.3 is 14.8 Å². The Labute approximate surface area is 148 Å². The van der Waals surface area contributed by atoms with E-state index >= 15 is 0 Å². The summed E-state index contributed by atoms with van der Waals surface area (Å²) in [5.41, 5.74) is 4.13. The first kappa shape index (κ1) is 17.3. The molecule has 1 aliphatic heterocycles. The van der Waals surface area contributed by atoms with Crippen molar-refractivity contribution in [1.82, 2.24) is 14.8 Å². The van der Waals surface area contributed by atoms with Crippen LogP contribution in [-0.4, -0.2) is 52.8 Å². The second-order valence-electron chi connectivity index (χ2n) is 6.73. The first-order valence-electron chi connectivity index (χ1n) is 8.80. The van der Waals surface area contributed by atoms with Crippen LogP contribution in [-0.2, 0) is 11.2 Å². The van der Waals surface area contributed by atoms with Crippen LogP contribution >= 0.6 is 0 Å². The number of hydrogen-bond acceptors (Lipinski definition) is 2. The van der Waals surface area contributed by atoms with Gasteiger partial charge in [0.2, 0.25) is 5.91 Å². The van der Waals surface area contributed by atoms with Gasteiger partial charge in [-0.1, -0.05) is 23.8 Å². The Morgan fingerprint density at radius 3 is 2.52 bits per heavy atom. The molecule has 132 valence electrons. The number of nitrogens with one attached hydrogen (secondary N) is 1. The Balaban J connectivity index is 1.60. The Morgan fingerprint density at radius 1 is 1.04 bits per heavy atom. The lowest BCUT2D eigenvalue weighted by Gasteiger charge is -2.22. The fourth-order valence-electron chi connectivity index (χ4n) is 3.33. The zero-order chi connectivity index (χ0) is 17.8. The number of nitrogens with zero attached hydrogens (tertiary/aromatic N) is 2. The third-order valence-electron chi connectivity index (χ3n) is 4.82. The van der Waals surface area contributed by atoms with E-state index in [9.17, 15) is 9.59 Å². The van der Waals surface area contributed by atoms with E-state index in [0.717, 1.165) is 17.5 Å². The van der Waals surface area contributed by atoms with Crippen LogP contribution in [0.3, 0.4) is 0 Å². The van der Waals surface area contributed by atoms with Gasteiger partial charge in [0.15, 0.2) is 0 Å². The molecule has 2 heterocycles. The van der Waals surface area contributed by atoms with Crippen LogP contribution in [0.1, 0.15) is 33.5 Å². The van der Waals surface area contributed by atoms with Crippen LogP contribution in [0.15, 0.2) is 36.7 Å². The average molecular weight is 339 g/mol. The molecule has 1 fully saturated rings. The maximum absolute atomic E-state index is 12.7. The van der Waals surface area contributed by atoms with Crippen molar-refractivity contribution in [2.45, 2.75) is 26.7 Å². The lowest BCUT2D eigenvalue weighted by molar-refractivity contribution is -0.130. The number of hydrogen-bond donors (Lipinski definition) is 1. The van der Waals surface area contributed by atoms with Gasteiger partial charge in [0, 0.05) is 38.6 Å². The largest absolute Gasteiger partial charge is 0.367 e. The Bertz CT molecular complexity index is 752. The molecular weight excluding hydrogens is 314 g/mol. The zero-order valence-electron chi connectivity index (χ0n) is 14.9. The van der Waals surface area contributed by atoms with E-state index in [1.54, 1.807) is 18.5 Å². The van der Waals surface area contributed by atoms with Crippen molar-refractivity contribution in [3.63, 3.8) is 0 Å². The molecule has 0 unspecified atom stereocenters. The molecule has 3 rings (SSSR count). The number of aryl methyl sites for hydroxylation is 2. The summed E-state index contributed by atoms with van der Waals surface area (Å²) in [5.74, 6) is 0.174. The van der Waals surface area contributed by atoms with Gasteiger partial charge in [-0.15, -0.1) is 0 Å². The highest BCUT2D eigenvalue weighted by Gasteiger charge is 2.23. The van der Waals surface area contributed by atoms with Crippen molar-refractivity contribution >= 4 is 11.8 Å². The third-order valence-corrected chi connectivity index (χ3v) is 4.82. The van der Waals surface area contributed by atoms with Gasteiger partial charge >= 0.3 is 0 Å². The quantitative estimate of drug-likeness (QED) is 0.934. The predicted octanol–water partition coefficient (Wildman–Crippen LogP) is 2.55. The Morgan fingerprint density at radius 2 is 1.80 bits per heavy atom. The van der Waals surface area contributed by atoms with E-state index in [0.29, 0.717) is 38.2 Å². The van der Waals surface area contributed by atoms with Gasteiger partial charge in [0.1, 0.15) is 0 Å². The molecule has 0 radical (unpaired) electrons. The van der Waals surface area contributed by atoms with Gasteiger partial charge in [0.05, 0.1) is 12.0 Å². The molecule has 1 aromatic heterocycles. The molecular formula is C20H25N3O2. The lowest BCUT2D eigenvalue weighted by atomic mass is 10.0. The van der Waals surface area contributed by atoms with E-state index in [2.05, 4.69) is 31.0 Å². The van der Waals surface area contributed by atoms with Crippen molar-refractivity contribution in [2.75, 3.05) is 26.2 Å². The summed E-state index contributed by atoms with van der Waals surface area (Å²) in [6.07, 6.45) is 4.72. The Kier molecular flexibility index (Phi) is 5.22. The molecule has 0 bridgehead atoms. The number of carbonyl (C=O) groups is 2. The van der Waals surface area contributed by atoms with Crippen molar-refractivity contribution in [1.29, 1.82) is 0 Å². The fraction of sp³-hybridized carbons (Fsp3) is 0.400. The first-order valence-corrected chi connectivity index (χ1v) is 8.80. The van der Waals surface area contributed by atoms with Crippen LogP contribution in [0.4, 0.5) is 0 Å². The Hall–Kier alpha value is -2.56. The van der Waals surface area contributed by atoms with Crippen LogP contribution in [0.25, 0.3) is 0 Å². The number of amides is 2. The highest BCUT2D eigenvalue weighted by atomic mass is 16.2. The van der Waals surface area contributed by atoms with E-state index < -0.39 is 0 Å². The highest BCUT2D eigenvalue weighted by Crippen LogP contribution is 2.14. The summed E-state index contributed by atoms with van der Waals surface area (Å²) in [7, 11) is 0. The lowest BCUT2D eigenvalue weighted by Crippen LogP contribution is -2.38. The molecule has 5 heteroatoms. The molecule has 5 nitrogen and oxygen atoms in total. The minimum atomic E-state index is 0.0323. The number of carbonyl (C=O) groups excluding carboxylic acids is 2. The molecule has 1 aromatic carbocycles. The number of rotatable bonds is 3. The van der Waals surface area contributed by atoms with Crippen LogP contribution in [0.2, 0.25) is 0 Å². The normalized spacial score (nSPS) is 15.1. The standard InChI is InChI=1S/C20H25N3O2/c1-15-4-5-17(16(2)12-15)13-19(24)22-8-3-9-23(11-10-22)20(25)18-6-7-21-14-18/h4-7,12,14,21H,3,8-11,13H2,1-2H3. The number of H-pyrrole nitrogens is 1. The van der Waals surface area contributed by atoms with Crippen molar-refractivity contribution in [2.24, 2.45) is 0 Å². The van der Waals surface area contributed by atoms with Crippen molar-refractivity contribution in [3.8, 4) is 0 Å². The van der Waals surface area contributed by atoms with Gasteiger partial charge in [-0.2, -0.15) is 0 Å². The molecule has 0 saturated carbocycles. The molecule has 25 heavy (non-hydrogen) atoms. The SMILES string of the molecule is Cc1ccc(CC(=O)N2CCCN(C(=O)c3cc[nH]c3)CC2)c(C)c1. The third kappa shape index (κ3) is 4.10. The minimum Gasteiger partial charge on any atom is -0.367 e. The topological polar surface area (TPSA) is 56.4 Å². The van der Waals surface area contributed by atoms with Gasteiger partial charge in [0.25, 0.3) is 5.91 Å². The fourth-order valence-corrected chi connectivity index (χ4v) is 3.33. The molecule has 2 aromatic rings. The second kappa shape index (κ2) is 7.55. The molecule has 1 aliphatic rings. The summed E-state index contributed by atoms with van der Waals surface area (Å²) in [6.45, 7) is 6.69. The molecule has 1 saturated heterocycles.